The number of halogens is 3. The topological polar surface area (TPSA) is 83.5 Å². The number of sulfone groups is 1. The summed E-state index contributed by atoms with van der Waals surface area (Å²) in [6.07, 6.45) is -5.25. The highest BCUT2D eigenvalue weighted by atomic mass is 32.2. The average Bonchev–Trinajstić information content (AvgIpc) is 2.66. The van der Waals surface area contributed by atoms with E-state index in [-0.39, 0.29) is 16.9 Å². The van der Waals surface area contributed by atoms with Crippen LogP contribution in [0.3, 0.4) is 0 Å². The molecule has 0 aromatic heterocycles. The number of alkyl halides is 3. The van der Waals surface area contributed by atoms with Crippen molar-refractivity contribution in [3.63, 3.8) is 0 Å². The normalized spacial score (nSPS) is 14.4. The molecule has 9 heteroatoms. The predicted molar refractivity (Wildman–Crippen MR) is 102 cm³/mol. The highest BCUT2D eigenvalue weighted by molar-refractivity contribution is 7.92. The third-order valence-corrected chi connectivity index (χ3v) is 6.67. The second-order valence-electron chi connectivity index (χ2n) is 6.92. The van der Waals surface area contributed by atoms with E-state index >= 15 is 0 Å². The van der Waals surface area contributed by atoms with Crippen LogP contribution in [0.2, 0.25) is 0 Å². The molecule has 2 aromatic rings. The van der Waals surface area contributed by atoms with Crippen molar-refractivity contribution in [3.05, 3.63) is 65.7 Å². The molecule has 0 aliphatic carbocycles. The molecule has 1 atom stereocenters. The molecule has 1 amide bonds. The standard InChI is InChI=1S/C20H22F3NO4S/c1-14(2)29(27,28)17-10-8-15(9-11-17)12-18(25)24-13-19(26,20(21,22)23)16-6-4-3-5-7-16/h3-11,14,26H,12-13H2,1-2H3,(H,24,25). The summed E-state index contributed by atoms with van der Waals surface area (Å²) in [6, 6.07) is 12.1. The van der Waals surface area contributed by atoms with E-state index < -0.39 is 39.3 Å². The Bertz CT molecular complexity index is 942. The maximum absolute atomic E-state index is 13.4. The number of rotatable bonds is 7. The van der Waals surface area contributed by atoms with Gasteiger partial charge in [-0.3, -0.25) is 4.79 Å². The fraction of sp³-hybridized carbons (Fsp3) is 0.350. The van der Waals surface area contributed by atoms with Crippen molar-refractivity contribution < 1.29 is 31.5 Å². The monoisotopic (exact) mass is 429 g/mol. The third-order valence-electron chi connectivity index (χ3n) is 4.50. The van der Waals surface area contributed by atoms with Gasteiger partial charge in [-0.25, -0.2) is 8.42 Å². The van der Waals surface area contributed by atoms with Gasteiger partial charge in [-0.1, -0.05) is 42.5 Å². The zero-order valence-corrected chi connectivity index (χ0v) is 16.7. The number of hydrogen-bond donors (Lipinski definition) is 2. The zero-order chi connectivity index (χ0) is 21.9. The van der Waals surface area contributed by atoms with Crippen LogP contribution >= 0.6 is 0 Å². The molecule has 29 heavy (non-hydrogen) atoms. The largest absolute Gasteiger partial charge is 0.423 e. The average molecular weight is 429 g/mol. The number of hydrogen-bond acceptors (Lipinski definition) is 4. The van der Waals surface area contributed by atoms with Crippen molar-refractivity contribution in [2.24, 2.45) is 0 Å². The maximum Gasteiger partial charge on any atom is 0.423 e. The van der Waals surface area contributed by atoms with Gasteiger partial charge in [-0.05, 0) is 37.1 Å². The van der Waals surface area contributed by atoms with Crippen LogP contribution in [-0.4, -0.2) is 37.4 Å². The minimum absolute atomic E-state index is 0.104. The van der Waals surface area contributed by atoms with Crippen LogP contribution in [0.1, 0.15) is 25.0 Å². The number of amides is 1. The molecule has 0 aliphatic heterocycles. The molecule has 5 nitrogen and oxygen atoms in total. The lowest BCUT2D eigenvalue weighted by atomic mass is 9.93. The summed E-state index contributed by atoms with van der Waals surface area (Å²) < 4.78 is 64.5. The number of carbonyl (C=O) groups is 1. The Hall–Kier alpha value is -2.39. The number of benzene rings is 2. The summed E-state index contributed by atoms with van der Waals surface area (Å²) >= 11 is 0. The van der Waals surface area contributed by atoms with Crippen molar-refractivity contribution in [2.75, 3.05) is 6.54 Å². The highest BCUT2D eigenvalue weighted by Crippen LogP contribution is 2.38. The lowest BCUT2D eigenvalue weighted by Gasteiger charge is -2.31. The first-order valence-electron chi connectivity index (χ1n) is 8.82. The number of aliphatic hydroxyl groups is 1. The highest BCUT2D eigenvalue weighted by Gasteiger charge is 2.55. The van der Waals surface area contributed by atoms with Gasteiger partial charge in [0.05, 0.1) is 23.1 Å². The first kappa shape index (κ1) is 22.9. The molecule has 0 saturated heterocycles. The van der Waals surface area contributed by atoms with Crippen molar-refractivity contribution in [1.82, 2.24) is 5.32 Å². The lowest BCUT2D eigenvalue weighted by molar-refractivity contribution is -0.264. The zero-order valence-electron chi connectivity index (χ0n) is 15.9. The second kappa shape index (κ2) is 8.54. The van der Waals surface area contributed by atoms with Crippen LogP contribution < -0.4 is 5.32 Å². The molecule has 0 spiro atoms. The van der Waals surface area contributed by atoms with E-state index in [1.54, 1.807) is 13.8 Å². The van der Waals surface area contributed by atoms with Crippen molar-refractivity contribution in [1.29, 1.82) is 0 Å². The van der Waals surface area contributed by atoms with E-state index in [0.29, 0.717) is 5.56 Å². The van der Waals surface area contributed by atoms with E-state index in [2.05, 4.69) is 5.32 Å². The van der Waals surface area contributed by atoms with Gasteiger partial charge in [0.2, 0.25) is 11.5 Å². The molecule has 1 unspecified atom stereocenters. The van der Waals surface area contributed by atoms with Crippen molar-refractivity contribution >= 4 is 15.7 Å². The van der Waals surface area contributed by atoms with E-state index in [0.717, 1.165) is 12.1 Å². The molecule has 0 heterocycles. The molecule has 2 N–H and O–H groups in total. The summed E-state index contributed by atoms with van der Waals surface area (Å²) in [5.41, 5.74) is -3.17. The van der Waals surface area contributed by atoms with Gasteiger partial charge >= 0.3 is 6.18 Å². The smallest absolute Gasteiger partial charge is 0.375 e. The summed E-state index contributed by atoms with van der Waals surface area (Å²) in [4.78, 5) is 12.2. The van der Waals surface area contributed by atoms with Crippen LogP contribution in [0.15, 0.2) is 59.5 Å². The van der Waals surface area contributed by atoms with Gasteiger partial charge in [0.1, 0.15) is 0 Å². The fourth-order valence-electron chi connectivity index (χ4n) is 2.62. The molecule has 0 aliphatic rings. The van der Waals surface area contributed by atoms with Gasteiger partial charge in [0.25, 0.3) is 0 Å². The van der Waals surface area contributed by atoms with Gasteiger partial charge in [0.15, 0.2) is 9.84 Å². The summed E-state index contributed by atoms with van der Waals surface area (Å²) in [5.74, 6) is -0.733. The second-order valence-corrected chi connectivity index (χ2v) is 9.42. The molecule has 158 valence electrons. The SMILES string of the molecule is CC(C)S(=O)(=O)c1ccc(CC(=O)NCC(O)(c2ccccc2)C(F)(F)F)cc1. The minimum Gasteiger partial charge on any atom is -0.375 e. The molecule has 2 rings (SSSR count). The minimum atomic E-state index is -4.99. The molecule has 0 radical (unpaired) electrons. The van der Waals surface area contributed by atoms with E-state index in [9.17, 15) is 31.5 Å². The Labute approximate surface area is 167 Å². The summed E-state index contributed by atoms with van der Waals surface area (Å²) in [5, 5.41) is 11.7. The van der Waals surface area contributed by atoms with Gasteiger partial charge in [0, 0.05) is 0 Å². The van der Waals surface area contributed by atoms with Gasteiger partial charge in [-0.2, -0.15) is 13.2 Å². The molecule has 2 aromatic carbocycles. The number of carbonyl (C=O) groups excluding carboxylic acids is 1. The van der Waals surface area contributed by atoms with Crippen LogP contribution in [-0.2, 0) is 26.7 Å². The molecular weight excluding hydrogens is 407 g/mol. The lowest BCUT2D eigenvalue weighted by Crippen LogP contribution is -2.51. The van der Waals surface area contributed by atoms with Crippen LogP contribution in [0.4, 0.5) is 13.2 Å². The first-order chi connectivity index (χ1) is 13.4. The van der Waals surface area contributed by atoms with E-state index in [1.165, 1.54) is 42.5 Å². The fourth-order valence-corrected chi connectivity index (χ4v) is 3.68. The Morgan fingerprint density at radius 2 is 1.59 bits per heavy atom. The van der Waals surface area contributed by atoms with Crippen LogP contribution in [0, 0.1) is 0 Å². The van der Waals surface area contributed by atoms with Crippen LogP contribution in [0.5, 0.6) is 0 Å². The van der Waals surface area contributed by atoms with E-state index in [1.807, 2.05) is 0 Å². The molecule has 0 fully saturated rings. The predicted octanol–water partition coefficient (Wildman–Crippen LogP) is 2.98. The van der Waals surface area contributed by atoms with Crippen molar-refractivity contribution in [3.8, 4) is 0 Å². The Morgan fingerprint density at radius 1 is 1.03 bits per heavy atom. The Morgan fingerprint density at radius 3 is 2.07 bits per heavy atom. The molecular formula is C20H22F3NO4S. The Kier molecular flexibility index (Phi) is 6.74. The number of nitrogens with one attached hydrogen (secondary N) is 1. The molecule has 0 bridgehead atoms. The van der Waals surface area contributed by atoms with Crippen LogP contribution in [0.25, 0.3) is 0 Å². The van der Waals surface area contributed by atoms with Gasteiger partial charge < -0.3 is 10.4 Å². The first-order valence-corrected chi connectivity index (χ1v) is 10.4. The Balaban J connectivity index is 2.09. The maximum atomic E-state index is 13.4. The van der Waals surface area contributed by atoms with Crippen molar-refractivity contribution in [2.45, 2.75) is 42.2 Å². The quantitative estimate of drug-likeness (QED) is 0.709. The third kappa shape index (κ3) is 5.16. The summed E-state index contributed by atoms with van der Waals surface area (Å²) in [7, 11) is -3.46. The van der Waals surface area contributed by atoms with Gasteiger partial charge in [-0.15, -0.1) is 0 Å². The molecule has 0 saturated carbocycles. The van der Waals surface area contributed by atoms with E-state index in [4.69, 9.17) is 0 Å². The summed E-state index contributed by atoms with van der Waals surface area (Å²) in [6.45, 7) is 2.05.